The molecule has 2 N–H and O–H groups in total. The molecule has 0 saturated heterocycles. The van der Waals surface area contributed by atoms with Crippen molar-refractivity contribution < 1.29 is 19.4 Å². The highest BCUT2D eigenvalue weighted by molar-refractivity contribution is 5.75. The Labute approximate surface area is 84.4 Å². The van der Waals surface area contributed by atoms with Crippen LogP contribution in [0.2, 0.25) is 0 Å². The van der Waals surface area contributed by atoms with Gasteiger partial charge in [0.05, 0.1) is 12.7 Å². The predicted molar refractivity (Wildman–Crippen MR) is 52.0 cm³/mol. The first-order valence-corrected chi connectivity index (χ1v) is 4.63. The van der Waals surface area contributed by atoms with Gasteiger partial charge in [0, 0.05) is 33.8 Å². The summed E-state index contributed by atoms with van der Waals surface area (Å²) in [5, 5.41) is 11.8. The van der Waals surface area contributed by atoms with Crippen molar-refractivity contribution >= 4 is 5.91 Å². The minimum atomic E-state index is -0.633. The third kappa shape index (κ3) is 7.97. The van der Waals surface area contributed by atoms with E-state index in [4.69, 9.17) is 9.47 Å². The Balaban J connectivity index is 3.34. The molecular formula is C9H19NO4. The SMILES string of the molecule is COCCCC(=O)NCC(O)COC. The lowest BCUT2D eigenvalue weighted by Gasteiger charge is -2.10. The van der Waals surface area contributed by atoms with Crippen molar-refractivity contribution in [2.45, 2.75) is 18.9 Å². The molecular weight excluding hydrogens is 186 g/mol. The lowest BCUT2D eigenvalue weighted by molar-refractivity contribution is -0.122. The van der Waals surface area contributed by atoms with E-state index in [0.29, 0.717) is 19.4 Å². The van der Waals surface area contributed by atoms with Gasteiger partial charge in [0.15, 0.2) is 0 Å². The average molecular weight is 205 g/mol. The largest absolute Gasteiger partial charge is 0.389 e. The Morgan fingerprint density at radius 2 is 2.14 bits per heavy atom. The maximum absolute atomic E-state index is 11.1. The fraction of sp³-hybridized carbons (Fsp3) is 0.889. The van der Waals surface area contributed by atoms with Gasteiger partial charge in [-0.2, -0.15) is 0 Å². The number of ether oxygens (including phenoxy) is 2. The van der Waals surface area contributed by atoms with Crippen molar-refractivity contribution in [2.24, 2.45) is 0 Å². The van der Waals surface area contributed by atoms with Crippen LogP contribution >= 0.6 is 0 Å². The number of carbonyl (C=O) groups excluding carboxylic acids is 1. The molecule has 0 aromatic carbocycles. The minimum absolute atomic E-state index is 0.0720. The summed E-state index contributed by atoms with van der Waals surface area (Å²) < 4.78 is 9.52. The zero-order valence-electron chi connectivity index (χ0n) is 8.78. The van der Waals surface area contributed by atoms with E-state index in [1.165, 1.54) is 7.11 Å². The van der Waals surface area contributed by atoms with Gasteiger partial charge in [-0.05, 0) is 6.42 Å². The first kappa shape index (κ1) is 13.4. The van der Waals surface area contributed by atoms with Crippen molar-refractivity contribution in [3.8, 4) is 0 Å². The second kappa shape index (κ2) is 8.93. The molecule has 5 heteroatoms. The number of aliphatic hydroxyl groups is 1. The van der Waals surface area contributed by atoms with Crippen LogP contribution in [-0.4, -0.2) is 51.1 Å². The van der Waals surface area contributed by atoms with Crippen LogP contribution in [0.25, 0.3) is 0 Å². The lowest BCUT2D eigenvalue weighted by atomic mass is 10.3. The summed E-state index contributed by atoms with van der Waals surface area (Å²) in [6.45, 7) is 1.05. The maximum atomic E-state index is 11.1. The Bertz CT molecular complexity index is 152. The second-order valence-corrected chi connectivity index (χ2v) is 3.01. The quantitative estimate of drug-likeness (QED) is 0.526. The highest BCUT2D eigenvalue weighted by Gasteiger charge is 2.05. The molecule has 0 radical (unpaired) electrons. The number of amides is 1. The van der Waals surface area contributed by atoms with Gasteiger partial charge in [-0.15, -0.1) is 0 Å². The molecule has 0 saturated carbocycles. The van der Waals surface area contributed by atoms with Crippen molar-refractivity contribution in [2.75, 3.05) is 34.0 Å². The van der Waals surface area contributed by atoms with E-state index in [1.54, 1.807) is 7.11 Å². The lowest BCUT2D eigenvalue weighted by Crippen LogP contribution is -2.34. The van der Waals surface area contributed by atoms with Crippen LogP contribution < -0.4 is 5.32 Å². The smallest absolute Gasteiger partial charge is 0.220 e. The van der Waals surface area contributed by atoms with Gasteiger partial charge in [-0.3, -0.25) is 4.79 Å². The molecule has 0 rings (SSSR count). The van der Waals surface area contributed by atoms with Gasteiger partial charge < -0.3 is 19.9 Å². The summed E-state index contributed by atoms with van der Waals surface area (Å²) in [5.41, 5.74) is 0. The summed E-state index contributed by atoms with van der Waals surface area (Å²) in [7, 11) is 3.10. The monoisotopic (exact) mass is 205 g/mol. The van der Waals surface area contributed by atoms with Gasteiger partial charge >= 0.3 is 0 Å². The number of rotatable bonds is 8. The van der Waals surface area contributed by atoms with E-state index in [-0.39, 0.29) is 19.1 Å². The Morgan fingerprint density at radius 1 is 1.43 bits per heavy atom. The Morgan fingerprint density at radius 3 is 2.71 bits per heavy atom. The Kier molecular flexibility index (Phi) is 8.51. The van der Waals surface area contributed by atoms with E-state index >= 15 is 0 Å². The molecule has 1 unspecified atom stereocenters. The van der Waals surface area contributed by atoms with Crippen LogP contribution in [0.5, 0.6) is 0 Å². The van der Waals surface area contributed by atoms with E-state index in [2.05, 4.69) is 5.32 Å². The second-order valence-electron chi connectivity index (χ2n) is 3.01. The van der Waals surface area contributed by atoms with Crippen molar-refractivity contribution in [3.05, 3.63) is 0 Å². The zero-order valence-corrected chi connectivity index (χ0v) is 8.78. The molecule has 1 amide bonds. The summed E-state index contributed by atoms with van der Waals surface area (Å²) in [4.78, 5) is 11.1. The van der Waals surface area contributed by atoms with E-state index in [9.17, 15) is 9.90 Å². The fourth-order valence-electron chi connectivity index (χ4n) is 0.948. The van der Waals surface area contributed by atoms with E-state index in [0.717, 1.165) is 0 Å². The number of methoxy groups -OCH3 is 2. The van der Waals surface area contributed by atoms with Gasteiger partial charge in [-0.25, -0.2) is 0 Å². The van der Waals surface area contributed by atoms with Crippen molar-refractivity contribution in [1.82, 2.24) is 5.32 Å². The van der Waals surface area contributed by atoms with Crippen LogP contribution in [0.3, 0.4) is 0 Å². The summed E-state index contributed by atoms with van der Waals surface area (Å²) in [6, 6.07) is 0. The van der Waals surface area contributed by atoms with Gasteiger partial charge in [0.1, 0.15) is 0 Å². The van der Waals surface area contributed by atoms with Crippen LogP contribution in [-0.2, 0) is 14.3 Å². The van der Waals surface area contributed by atoms with Crippen LogP contribution in [0.4, 0.5) is 0 Å². The molecule has 0 aliphatic carbocycles. The summed E-state index contributed by atoms with van der Waals surface area (Å²) >= 11 is 0. The molecule has 14 heavy (non-hydrogen) atoms. The first-order valence-electron chi connectivity index (χ1n) is 4.63. The highest BCUT2D eigenvalue weighted by Crippen LogP contribution is 1.89. The number of hydrogen-bond donors (Lipinski definition) is 2. The van der Waals surface area contributed by atoms with Crippen LogP contribution in [0.1, 0.15) is 12.8 Å². The van der Waals surface area contributed by atoms with E-state index in [1.807, 2.05) is 0 Å². The zero-order chi connectivity index (χ0) is 10.8. The van der Waals surface area contributed by atoms with E-state index < -0.39 is 6.10 Å². The van der Waals surface area contributed by atoms with Crippen molar-refractivity contribution in [3.63, 3.8) is 0 Å². The third-order valence-corrected chi connectivity index (χ3v) is 1.65. The molecule has 0 aliphatic heterocycles. The Hall–Kier alpha value is -0.650. The first-order chi connectivity index (χ1) is 6.70. The van der Waals surface area contributed by atoms with Gasteiger partial charge in [0.2, 0.25) is 5.91 Å². The minimum Gasteiger partial charge on any atom is -0.389 e. The van der Waals surface area contributed by atoms with Gasteiger partial charge in [0.25, 0.3) is 0 Å². The molecule has 0 aliphatic rings. The summed E-state index contributed by atoms with van der Waals surface area (Å²) in [6.07, 6.45) is 0.488. The fourth-order valence-corrected chi connectivity index (χ4v) is 0.948. The predicted octanol–water partition coefficient (Wildman–Crippen LogP) is -0.463. The van der Waals surface area contributed by atoms with Crippen molar-refractivity contribution in [1.29, 1.82) is 0 Å². The molecule has 5 nitrogen and oxygen atoms in total. The molecule has 0 aromatic rings. The summed E-state index contributed by atoms with van der Waals surface area (Å²) in [5.74, 6) is -0.0720. The van der Waals surface area contributed by atoms with Crippen LogP contribution in [0.15, 0.2) is 0 Å². The molecule has 0 bridgehead atoms. The average Bonchev–Trinajstić information content (AvgIpc) is 2.16. The normalized spacial score (nSPS) is 12.5. The third-order valence-electron chi connectivity index (χ3n) is 1.65. The molecule has 0 fully saturated rings. The number of carbonyl (C=O) groups is 1. The number of nitrogens with one attached hydrogen (secondary N) is 1. The van der Waals surface area contributed by atoms with Crippen LogP contribution in [0, 0.1) is 0 Å². The highest BCUT2D eigenvalue weighted by atomic mass is 16.5. The number of aliphatic hydroxyl groups excluding tert-OH is 1. The maximum Gasteiger partial charge on any atom is 0.220 e. The molecule has 0 heterocycles. The molecule has 0 aromatic heterocycles. The molecule has 84 valence electrons. The topological polar surface area (TPSA) is 67.8 Å². The standard InChI is InChI=1S/C9H19NO4/c1-13-5-3-4-9(12)10-6-8(11)7-14-2/h8,11H,3-7H2,1-2H3,(H,10,12). The molecule has 1 atom stereocenters. The number of hydrogen-bond acceptors (Lipinski definition) is 4. The molecule has 0 spiro atoms. The van der Waals surface area contributed by atoms with Gasteiger partial charge in [-0.1, -0.05) is 0 Å².